The van der Waals surface area contributed by atoms with E-state index in [4.69, 9.17) is 9.47 Å². The fourth-order valence-corrected chi connectivity index (χ4v) is 2.14. The lowest BCUT2D eigenvalue weighted by molar-refractivity contribution is 0.354. The van der Waals surface area contributed by atoms with E-state index in [9.17, 15) is 0 Å². The van der Waals surface area contributed by atoms with Crippen LogP contribution in [0, 0.1) is 0 Å². The Balaban J connectivity index is 2.18. The molecule has 18 heavy (non-hydrogen) atoms. The molecule has 0 unspecified atom stereocenters. The third-order valence-corrected chi connectivity index (χ3v) is 3.26. The molecule has 0 aliphatic heterocycles. The van der Waals surface area contributed by atoms with E-state index < -0.39 is 0 Å². The first-order chi connectivity index (χ1) is 8.76. The minimum absolute atomic E-state index is 0.679. The van der Waals surface area contributed by atoms with E-state index in [0.717, 1.165) is 28.0 Å². The summed E-state index contributed by atoms with van der Waals surface area (Å²) in [6, 6.07) is 5.82. The maximum atomic E-state index is 5.27. The molecule has 0 atom stereocenters. The zero-order valence-electron chi connectivity index (χ0n) is 10.6. The largest absolute Gasteiger partial charge is 0.493 e. The second-order valence-electron chi connectivity index (χ2n) is 3.63. The lowest BCUT2D eigenvalue weighted by atomic mass is 10.1. The molecule has 0 saturated carbocycles. The molecule has 0 aliphatic rings. The molecule has 5 nitrogen and oxygen atoms in total. The molecule has 0 amide bonds. The highest BCUT2D eigenvalue weighted by Gasteiger charge is 2.08. The molecule has 0 saturated heterocycles. The summed E-state index contributed by atoms with van der Waals surface area (Å²) in [6.07, 6.45) is 0.679. The van der Waals surface area contributed by atoms with E-state index >= 15 is 0 Å². The first kappa shape index (κ1) is 12.6. The maximum absolute atomic E-state index is 5.27. The molecule has 1 aromatic carbocycles. The van der Waals surface area contributed by atoms with Crippen LogP contribution in [0.15, 0.2) is 18.2 Å². The Morgan fingerprint density at radius 3 is 2.61 bits per heavy atom. The van der Waals surface area contributed by atoms with Gasteiger partial charge in [-0.25, -0.2) is 4.98 Å². The van der Waals surface area contributed by atoms with Gasteiger partial charge in [-0.15, -0.1) is 0 Å². The monoisotopic (exact) mass is 265 g/mol. The number of hydrogen-bond acceptors (Lipinski definition) is 6. The first-order valence-electron chi connectivity index (χ1n) is 5.48. The van der Waals surface area contributed by atoms with Gasteiger partial charge in [0.2, 0.25) is 5.13 Å². The van der Waals surface area contributed by atoms with Crippen LogP contribution in [-0.2, 0) is 6.42 Å². The summed E-state index contributed by atoms with van der Waals surface area (Å²) in [5.41, 5.74) is 1.09. The second kappa shape index (κ2) is 5.68. The average molecular weight is 265 g/mol. The summed E-state index contributed by atoms with van der Waals surface area (Å²) < 4.78 is 14.7. The zero-order chi connectivity index (χ0) is 13.0. The van der Waals surface area contributed by atoms with E-state index in [1.807, 2.05) is 25.2 Å². The SMILES string of the molecule is CNc1nc(Cc2ccc(OC)c(OC)c2)ns1. The van der Waals surface area contributed by atoms with Gasteiger partial charge < -0.3 is 14.8 Å². The molecule has 96 valence electrons. The van der Waals surface area contributed by atoms with Crippen molar-refractivity contribution in [3.05, 3.63) is 29.6 Å². The third kappa shape index (κ3) is 2.70. The summed E-state index contributed by atoms with van der Waals surface area (Å²) in [6.45, 7) is 0. The van der Waals surface area contributed by atoms with E-state index in [1.54, 1.807) is 14.2 Å². The number of benzene rings is 1. The zero-order valence-corrected chi connectivity index (χ0v) is 11.4. The highest BCUT2D eigenvalue weighted by molar-refractivity contribution is 7.09. The highest BCUT2D eigenvalue weighted by Crippen LogP contribution is 2.28. The van der Waals surface area contributed by atoms with Crippen molar-refractivity contribution in [2.24, 2.45) is 0 Å². The fourth-order valence-electron chi connectivity index (χ4n) is 1.60. The predicted octanol–water partition coefficient (Wildman–Crippen LogP) is 2.19. The van der Waals surface area contributed by atoms with Gasteiger partial charge in [-0.05, 0) is 17.7 Å². The normalized spacial score (nSPS) is 10.2. The lowest BCUT2D eigenvalue weighted by Crippen LogP contribution is -1.95. The Bertz CT molecular complexity index is 528. The van der Waals surface area contributed by atoms with E-state index in [1.165, 1.54) is 11.5 Å². The van der Waals surface area contributed by atoms with Crippen molar-refractivity contribution < 1.29 is 9.47 Å². The number of anilines is 1. The molecule has 2 aromatic rings. The van der Waals surface area contributed by atoms with Crippen molar-refractivity contribution in [2.75, 3.05) is 26.6 Å². The van der Waals surface area contributed by atoms with Crippen LogP contribution in [0.1, 0.15) is 11.4 Å². The molecule has 0 bridgehead atoms. The summed E-state index contributed by atoms with van der Waals surface area (Å²) in [4.78, 5) is 4.35. The average Bonchev–Trinajstić information content (AvgIpc) is 2.86. The molecule has 0 aliphatic carbocycles. The van der Waals surface area contributed by atoms with Crippen molar-refractivity contribution in [3.63, 3.8) is 0 Å². The smallest absolute Gasteiger partial charge is 0.202 e. The first-order valence-corrected chi connectivity index (χ1v) is 6.25. The Morgan fingerprint density at radius 2 is 2.00 bits per heavy atom. The van der Waals surface area contributed by atoms with E-state index in [0.29, 0.717) is 6.42 Å². The lowest BCUT2D eigenvalue weighted by Gasteiger charge is -2.08. The van der Waals surface area contributed by atoms with Gasteiger partial charge in [-0.1, -0.05) is 6.07 Å². The minimum atomic E-state index is 0.679. The van der Waals surface area contributed by atoms with Gasteiger partial charge in [0.05, 0.1) is 14.2 Å². The molecule has 0 radical (unpaired) electrons. The van der Waals surface area contributed by atoms with Crippen LogP contribution in [0.4, 0.5) is 5.13 Å². The summed E-state index contributed by atoms with van der Waals surface area (Å²) in [7, 11) is 5.08. The number of nitrogens with zero attached hydrogens (tertiary/aromatic N) is 2. The molecule has 1 N–H and O–H groups in total. The Morgan fingerprint density at radius 1 is 1.22 bits per heavy atom. The molecule has 6 heteroatoms. The van der Waals surface area contributed by atoms with E-state index in [-0.39, 0.29) is 0 Å². The maximum Gasteiger partial charge on any atom is 0.202 e. The number of ether oxygens (including phenoxy) is 2. The molecule has 0 fully saturated rings. The standard InChI is InChI=1S/C12H15N3O2S/c1-13-12-14-11(15-18-12)7-8-4-5-9(16-2)10(6-8)17-3/h4-6H,7H2,1-3H3,(H,13,14,15). The highest BCUT2D eigenvalue weighted by atomic mass is 32.1. The van der Waals surface area contributed by atoms with Gasteiger partial charge in [0.25, 0.3) is 0 Å². The Kier molecular flexibility index (Phi) is 3.99. The van der Waals surface area contributed by atoms with Gasteiger partial charge in [-0.3, -0.25) is 0 Å². The van der Waals surface area contributed by atoms with Crippen molar-refractivity contribution in [1.82, 2.24) is 9.36 Å². The van der Waals surface area contributed by atoms with Gasteiger partial charge in [-0.2, -0.15) is 4.37 Å². The number of aromatic nitrogens is 2. The van der Waals surface area contributed by atoms with Crippen LogP contribution in [0.25, 0.3) is 0 Å². The molecule has 2 rings (SSSR count). The summed E-state index contributed by atoms with van der Waals surface area (Å²) in [5, 5.41) is 3.80. The van der Waals surface area contributed by atoms with Crippen LogP contribution < -0.4 is 14.8 Å². The van der Waals surface area contributed by atoms with Crippen molar-refractivity contribution in [2.45, 2.75) is 6.42 Å². The third-order valence-electron chi connectivity index (χ3n) is 2.49. The number of methoxy groups -OCH3 is 2. The summed E-state index contributed by atoms with van der Waals surface area (Å²) in [5.74, 6) is 2.25. The number of rotatable bonds is 5. The summed E-state index contributed by atoms with van der Waals surface area (Å²) >= 11 is 1.36. The molecular formula is C12H15N3O2S. The molecule has 0 spiro atoms. The molecule has 1 aromatic heterocycles. The van der Waals surface area contributed by atoms with Crippen molar-refractivity contribution in [3.8, 4) is 11.5 Å². The van der Waals surface area contributed by atoms with Crippen molar-refractivity contribution in [1.29, 1.82) is 0 Å². The van der Waals surface area contributed by atoms with Gasteiger partial charge in [0.1, 0.15) is 5.82 Å². The molecule has 1 heterocycles. The van der Waals surface area contributed by atoms with E-state index in [2.05, 4.69) is 14.7 Å². The molecular weight excluding hydrogens is 250 g/mol. The second-order valence-corrected chi connectivity index (χ2v) is 4.38. The Hall–Kier alpha value is -1.82. The van der Waals surface area contributed by atoms with Crippen LogP contribution in [0.5, 0.6) is 11.5 Å². The minimum Gasteiger partial charge on any atom is -0.493 e. The van der Waals surface area contributed by atoms with Gasteiger partial charge in [0.15, 0.2) is 11.5 Å². The van der Waals surface area contributed by atoms with Gasteiger partial charge in [0, 0.05) is 25.0 Å². The number of hydrogen-bond donors (Lipinski definition) is 1. The van der Waals surface area contributed by atoms with Crippen molar-refractivity contribution >= 4 is 16.7 Å². The van der Waals surface area contributed by atoms with Crippen LogP contribution in [0.2, 0.25) is 0 Å². The quantitative estimate of drug-likeness (QED) is 0.898. The Labute approximate surface area is 110 Å². The predicted molar refractivity (Wildman–Crippen MR) is 71.8 cm³/mol. The van der Waals surface area contributed by atoms with Crippen LogP contribution >= 0.6 is 11.5 Å². The topological polar surface area (TPSA) is 56.3 Å². The van der Waals surface area contributed by atoms with Crippen LogP contribution in [0.3, 0.4) is 0 Å². The fraction of sp³-hybridized carbons (Fsp3) is 0.333. The number of nitrogens with one attached hydrogen (secondary N) is 1. The van der Waals surface area contributed by atoms with Crippen LogP contribution in [-0.4, -0.2) is 30.6 Å². The van der Waals surface area contributed by atoms with Gasteiger partial charge >= 0.3 is 0 Å².